The van der Waals surface area contributed by atoms with Crippen molar-refractivity contribution in [1.82, 2.24) is 9.78 Å². The van der Waals surface area contributed by atoms with Crippen LogP contribution < -0.4 is 5.32 Å². The zero-order valence-corrected chi connectivity index (χ0v) is 10.3. The average molecular weight is 264 g/mol. The Morgan fingerprint density at radius 2 is 2.28 bits per heavy atom. The highest BCUT2D eigenvalue weighted by molar-refractivity contribution is 6.31. The number of fused-ring (bicyclic) bond motifs is 1. The Morgan fingerprint density at radius 1 is 1.50 bits per heavy atom. The molecule has 2 N–H and O–H groups in total. The highest BCUT2D eigenvalue weighted by Gasteiger charge is 2.47. The van der Waals surface area contributed by atoms with Crippen LogP contribution in [0.3, 0.4) is 0 Å². The second-order valence-corrected chi connectivity index (χ2v) is 4.69. The quantitative estimate of drug-likeness (QED) is 0.814. The molecule has 0 spiro atoms. The number of nitrogens with zero attached hydrogens (tertiary/aromatic N) is 2. The van der Waals surface area contributed by atoms with Crippen LogP contribution in [-0.4, -0.2) is 20.8 Å². The Balaban J connectivity index is 2.22. The number of benzene rings is 1. The number of aryl methyl sites for hydroxylation is 1. The number of aromatic nitrogens is 2. The zero-order chi connectivity index (χ0) is 12.9. The van der Waals surface area contributed by atoms with Gasteiger partial charge in [0.15, 0.2) is 5.60 Å². The average Bonchev–Trinajstić information content (AvgIpc) is 2.84. The number of hydrogen-bond acceptors (Lipinski definition) is 3. The molecule has 1 unspecified atom stereocenters. The molecular weight excluding hydrogens is 254 g/mol. The van der Waals surface area contributed by atoms with Crippen LogP contribution in [0, 0.1) is 0 Å². The van der Waals surface area contributed by atoms with Gasteiger partial charge in [0.25, 0.3) is 5.91 Å². The topological polar surface area (TPSA) is 67.2 Å². The summed E-state index contributed by atoms with van der Waals surface area (Å²) >= 11 is 5.86. The number of aliphatic hydroxyl groups is 1. The molecule has 2 aromatic rings. The molecular formula is C12H10ClN3O2. The third-order valence-electron chi connectivity index (χ3n) is 3.07. The molecule has 2 heterocycles. The van der Waals surface area contributed by atoms with E-state index in [0.29, 0.717) is 21.8 Å². The van der Waals surface area contributed by atoms with E-state index in [0.717, 1.165) is 0 Å². The Morgan fingerprint density at radius 3 is 2.94 bits per heavy atom. The van der Waals surface area contributed by atoms with E-state index in [-0.39, 0.29) is 0 Å². The number of carbonyl (C=O) groups excluding carboxylic acids is 1. The minimum absolute atomic E-state index is 0.434. The van der Waals surface area contributed by atoms with Gasteiger partial charge in [0.2, 0.25) is 0 Å². The van der Waals surface area contributed by atoms with Crippen molar-refractivity contribution >= 4 is 23.2 Å². The second-order valence-electron chi connectivity index (χ2n) is 4.26. The first-order chi connectivity index (χ1) is 8.51. The molecule has 0 saturated carbocycles. The number of anilines is 1. The molecule has 18 heavy (non-hydrogen) atoms. The summed E-state index contributed by atoms with van der Waals surface area (Å²) in [5.41, 5.74) is -0.249. The van der Waals surface area contributed by atoms with Gasteiger partial charge in [-0.15, -0.1) is 0 Å². The molecule has 1 amide bonds. The molecule has 0 aliphatic carbocycles. The van der Waals surface area contributed by atoms with Crippen LogP contribution >= 0.6 is 11.6 Å². The van der Waals surface area contributed by atoms with Gasteiger partial charge in [-0.1, -0.05) is 17.7 Å². The van der Waals surface area contributed by atoms with E-state index in [4.69, 9.17) is 11.6 Å². The van der Waals surface area contributed by atoms with E-state index in [1.807, 2.05) is 0 Å². The maximum atomic E-state index is 12.0. The van der Waals surface area contributed by atoms with Gasteiger partial charge in [-0.3, -0.25) is 9.48 Å². The molecule has 1 aliphatic rings. The SMILES string of the molecule is Cn1cc(C2(O)C(=O)Nc3cc(Cl)ccc32)cn1. The van der Waals surface area contributed by atoms with Crippen LogP contribution in [-0.2, 0) is 17.4 Å². The molecule has 92 valence electrons. The van der Waals surface area contributed by atoms with Gasteiger partial charge in [0, 0.05) is 35.1 Å². The standard InChI is InChI=1S/C12H10ClN3O2/c1-16-6-7(5-14-16)12(18)9-3-2-8(13)4-10(9)15-11(12)17/h2-6,18H,1H3,(H,15,17). The molecule has 1 aromatic carbocycles. The van der Waals surface area contributed by atoms with Crippen molar-refractivity contribution in [2.75, 3.05) is 5.32 Å². The lowest BCUT2D eigenvalue weighted by molar-refractivity contribution is -0.129. The number of carbonyl (C=O) groups is 1. The summed E-state index contributed by atoms with van der Waals surface area (Å²) in [6.45, 7) is 0. The summed E-state index contributed by atoms with van der Waals surface area (Å²) in [6.07, 6.45) is 3.09. The fraction of sp³-hybridized carbons (Fsp3) is 0.167. The van der Waals surface area contributed by atoms with Gasteiger partial charge >= 0.3 is 0 Å². The van der Waals surface area contributed by atoms with E-state index in [1.165, 1.54) is 10.9 Å². The molecule has 3 rings (SSSR count). The van der Waals surface area contributed by atoms with Gasteiger partial charge in [0.05, 0.1) is 6.20 Å². The monoisotopic (exact) mass is 263 g/mol. The Kier molecular flexibility index (Phi) is 2.23. The van der Waals surface area contributed by atoms with Gasteiger partial charge < -0.3 is 10.4 Å². The smallest absolute Gasteiger partial charge is 0.265 e. The normalized spacial score (nSPS) is 21.8. The Bertz CT molecular complexity index is 653. The van der Waals surface area contributed by atoms with Crippen molar-refractivity contribution in [3.63, 3.8) is 0 Å². The molecule has 1 aliphatic heterocycles. The van der Waals surface area contributed by atoms with Gasteiger partial charge in [0.1, 0.15) is 0 Å². The molecule has 0 saturated heterocycles. The van der Waals surface area contributed by atoms with Crippen LogP contribution in [0.1, 0.15) is 11.1 Å². The first-order valence-corrected chi connectivity index (χ1v) is 5.72. The predicted octanol–water partition coefficient (Wildman–Crippen LogP) is 1.26. The molecule has 0 fully saturated rings. The molecule has 5 nitrogen and oxygen atoms in total. The number of hydrogen-bond donors (Lipinski definition) is 2. The summed E-state index contributed by atoms with van der Waals surface area (Å²) < 4.78 is 1.54. The van der Waals surface area contributed by atoms with Crippen LogP contribution in [0.4, 0.5) is 5.69 Å². The first-order valence-electron chi connectivity index (χ1n) is 5.35. The minimum Gasteiger partial charge on any atom is -0.372 e. The lowest BCUT2D eigenvalue weighted by Gasteiger charge is -2.18. The van der Waals surface area contributed by atoms with E-state index < -0.39 is 11.5 Å². The largest absolute Gasteiger partial charge is 0.372 e. The molecule has 1 aromatic heterocycles. The van der Waals surface area contributed by atoms with Crippen LogP contribution in [0.25, 0.3) is 0 Å². The van der Waals surface area contributed by atoms with Crippen molar-refractivity contribution in [3.05, 3.63) is 46.7 Å². The number of halogens is 1. The summed E-state index contributed by atoms with van der Waals surface area (Å²) in [5, 5.41) is 17.8. The van der Waals surface area contributed by atoms with Crippen molar-refractivity contribution in [3.8, 4) is 0 Å². The van der Waals surface area contributed by atoms with E-state index in [2.05, 4.69) is 10.4 Å². The first kappa shape index (κ1) is 11.3. The second kappa shape index (κ2) is 3.57. The fourth-order valence-electron chi connectivity index (χ4n) is 2.17. The van der Waals surface area contributed by atoms with Gasteiger partial charge in [-0.25, -0.2) is 0 Å². The summed E-state index contributed by atoms with van der Waals surface area (Å²) in [7, 11) is 1.72. The van der Waals surface area contributed by atoms with E-state index in [9.17, 15) is 9.90 Å². The fourth-order valence-corrected chi connectivity index (χ4v) is 2.34. The third-order valence-corrected chi connectivity index (χ3v) is 3.31. The van der Waals surface area contributed by atoms with Crippen LogP contribution in [0.2, 0.25) is 5.02 Å². The zero-order valence-electron chi connectivity index (χ0n) is 9.51. The minimum atomic E-state index is -1.70. The molecule has 0 bridgehead atoms. The van der Waals surface area contributed by atoms with Crippen LogP contribution in [0.15, 0.2) is 30.6 Å². The lowest BCUT2D eigenvalue weighted by Crippen LogP contribution is -2.34. The van der Waals surface area contributed by atoms with E-state index in [1.54, 1.807) is 31.4 Å². The van der Waals surface area contributed by atoms with Crippen molar-refractivity contribution in [2.45, 2.75) is 5.60 Å². The molecule has 6 heteroatoms. The summed E-state index contributed by atoms with van der Waals surface area (Å²) in [4.78, 5) is 12.0. The highest BCUT2D eigenvalue weighted by atomic mass is 35.5. The maximum Gasteiger partial charge on any atom is 0.265 e. The molecule has 0 radical (unpaired) electrons. The third kappa shape index (κ3) is 1.38. The number of rotatable bonds is 1. The number of nitrogens with one attached hydrogen (secondary N) is 1. The lowest BCUT2D eigenvalue weighted by atomic mass is 9.90. The summed E-state index contributed by atoms with van der Waals surface area (Å²) in [5.74, 6) is -0.493. The van der Waals surface area contributed by atoms with Gasteiger partial charge in [-0.05, 0) is 12.1 Å². The van der Waals surface area contributed by atoms with Crippen molar-refractivity contribution in [2.24, 2.45) is 7.05 Å². The van der Waals surface area contributed by atoms with Crippen molar-refractivity contribution in [1.29, 1.82) is 0 Å². The molecule has 1 atom stereocenters. The van der Waals surface area contributed by atoms with Crippen LogP contribution in [0.5, 0.6) is 0 Å². The van der Waals surface area contributed by atoms with Gasteiger partial charge in [-0.2, -0.15) is 5.10 Å². The number of amides is 1. The highest BCUT2D eigenvalue weighted by Crippen LogP contribution is 2.41. The Labute approximate surface area is 108 Å². The summed E-state index contributed by atoms with van der Waals surface area (Å²) in [6, 6.07) is 4.90. The van der Waals surface area contributed by atoms with Crippen molar-refractivity contribution < 1.29 is 9.90 Å². The van der Waals surface area contributed by atoms with E-state index >= 15 is 0 Å². The Hall–Kier alpha value is -1.85. The maximum absolute atomic E-state index is 12.0. The predicted molar refractivity (Wildman–Crippen MR) is 66.3 cm³/mol.